The van der Waals surface area contributed by atoms with Gasteiger partial charge in [0.1, 0.15) is 16.8 Å². The number of allylic oxidation sites excluding steroid dienone is 2. The molecule has 2 aliphatic carbocycles. The summed E-state index contributed by atoms with van der Waals surface area (Å²) < 4.78 is 5.22. The normalized spacial score (nSPS) is 19.0. The minimum absolute atomic E-state index is 0.129. The van der Waals surface area contributed by atoms with Crippen molar-refractivity contribution in [1.29, 1.82) is 5.26 Å². The van der Waals surface area contributed by atoms with Gasteiger partial charge in [-0.05, 0) is 61.3 Å². The van der Waals surface area contributed by atoms with Crippen molar-refractivity contribution in [1.82, 2.24) is 0 Å². The number of thiophene rings is 1. The van der Waals surface area contributed by atoms with Crippen LogP contribution in [0.1, 0.15) is 53.2 Å². The lowest BCUT2D eigenvalue weighted by molar-refractivity contribution is -0.115. The number of fused-ring (bicyclic) bond motifs is 1. The third-order valence-electron chi connectivity index (χ3n) is 5.39. The second-order valence-corrected chi connectivity index (χ2v) is 8.27. The Morgan fingerprint density at radius 3 is 2.70 bits per heavy atom. The highest BCUT2D eigenvalue weighted by Crippen LogP contribution is 2.40. The third-order valence-corrected chi connectivity index (χ3v) is 6.60. The van der Waals surface area contributed by atoms with E-state index in [1.807, 2.05) is 24.3 Å². The molecule has 1 atom stereocenters. The highest BCUT2D eigenvalue weighted by Gasteiger charge is 2.25. The maximum absolute atomic E-state index is 12.3. The first kappa shape index (κ1) is 17.8. The number of rotatable bonds is 4. The number of hydrogen-bond donors (Lipinski definition) is 1. The predicted molar refractivity (Wildman–Crippen MR) is 107 cm³/mol. The van der Waals surface area contributed by atoms with Gasteiger partial charge in [0.15, 0.2) is 5.78 Å². The predicted octanol–water partition coefficient (Wildman–Crippen LogP) is 4.95. The van der Waals surface area contributed by atoms with Crippen LogP contribution in [0.15, 0.2) is 36.0 Å². The molecule has 0 radical (unpaired) electrons. The number of nitrogens with zero attached hydrogens (tertiary/aromatic N) is 1. The molecule has 4 rings (SSSR count). The van der Waals surface area contributed by atoms with Crippen LogP contribution in [0.25, 0.3) is 0 Å². The van der Waals surface area contributed by atoms with E-state index >= 15 is 0 Å². The Hall–Kier alpha value is -2.58. The van der Waals surface area contributed by atoms with Crippen LogP contribution in [-0.2, 0) is 17.6 Å². The molecule has 1 N–H and O–H groups in total. The lowest BCUT2D eigenvalue weighted by Gasteiger charge is -2.23. The zero-order valence-electron chi connectivity index (χ0n) is 15.4. The van der Waals surface area contributed by atoms with Crippen LogP contribution in [0, 0.1) is 11.3 Å². The van der Waals surface area contributed by atoms with Gasteiger partial charge in [-0.3, -0.25) is 4.79 Å². The fourth-order valence-corrected chi connectivity index (χ4v) is 5.28. The Bertz CT molecular complexity index is 934. The van der Waals surface area contributed by atoms with E-state index < -0.39 is 0 Å². The SMILES string of the molecule is COc1ccc(C2CC(=O)C=C(Nc3sc4c(c3C#N)CCCC4)C2)cc1. The maximum Gasteiger partial charge on any atom is 0.158 e. The van der Waals surface area contributed by atoms with Gasteiger partial charge in [0, 0.05) is 23.1 Å². The Labute approximate surface area is 163 Å². The summed E-state index contributed by atoms with van der Waals surface area (Å²) in [5, 5.41) is 14.0. The van der Waals surface area contributed by atoms with E-state index in [0.717, 1.165) is 53.3 Å². The zero-order chi connectivity index (χ0) is 18.8. The number of hydrogen-bond acceptors (Lipinski definition) is 5. The van der Waals surface area contributed by atoms with Gasteiger partial charge < -0.3 is 10.1 Å². The topological polar surface area (TPSA) is 62.1 Å². The number of ether oxygens (including phenoxy) is 1. The molecule has 2 aromatic rings. The molecule has 5 heteroatoms. The second kappa shape index (κ2) is 7.58. The van der Waals surface area contributed by atoms with Crippen LogP contribution >= 0.6 is 11.3 Å². The van der Waals surface area contributed by atoms with Crippen LogP contribution in [0.4, 0.5) is 5.00 Å². The number of carbonyl (C=O) groups is 1. The molecule has 0 bridgehead atoms. The van der Waals surface area contributed by atoms with E-state index in [0.29, 0.717) is 6.42 Å². The maximum atomic E-state index is 12.3. The van der Waals surface area contributed by atoms with E-state index in [-0.39, 0.29) is 11.7 Å². The highest BCUT2D eigenvalue weighted by molar-refractivity contribution is 7.16. The number of ketones is 1. The monoisotopic (exact) mass is 378 g/mol. The first-order valence-electron chi connectivity index (χ1n) is 9.37. The van der Waals surface area contributed by atoms with Gasteiger partial charge >= 0.3 is 0 Å². The van der Waals surface area contributed by atoms with Crippen LogP contribution in [0.5, 0.6) is 5.75 Å². The molecule has 0 saturated heterocycles. The number of nitriles is 1. The molecule has 1 heterocycles. The van der Waals surface area contributed by atoms with Gasteiger partial charge in [-0.1, -0.05) is 12.1 Å². The van der Waals surface area contributed by atoms with Crippen LogP contribution in [-0.4, -0.2) is 12.9 Å². The molecule has 27 heavy (non-hydrogen) atoms. The lowest BCUT2D eigenvalue weighted by Crippen LogP contribution is -2.16. The number of anilines is 1. The molecule has 0 fully saturated rings. The Morgan fingerprint density at radius 2 is 1.96 bits per heavy atom. The number of carbonyl (C=O) groups excluding carboxylic acids is 1. The lowest BCUT2D eigenvalue weighted by atomic mass is 9.85. The van der Waals surface area contributed by atoms with Crippen molar-refractivity contribution in [3.8, 4) is 11.8 Å². The van der Waals surface area contributed by atoms with E-state index in [1.165, 1.54) is 16.9 Å². The first-order chi connectivity index (χ1) is 13.2. The molecule has 1 aromatic carbocycles. The van der Waals surface area contributed by atoms with Crippen molar-refractivity contribution in [2.45, 2.75) is 44.4 Å². The van der Waals surface area contributed by atoms with E-state index in [2.05, 4.69) is 11.4 Å². The number of aryl methyl sites for hydroxylation is 1. The molecular weight excluding hydrogens is 356 g/mol. The summed E-state index contributed by atoms with van der Waals surface area (Å²) in [6.07, 6.45) is 7.39. The molecule has 2 aliphatic rings. The standard InChI is InChI=1S/C22H22N2O2S/c1-26-18-8-6-14(7-9-18)15-10-16(12-17(25)11-15)24-22-20(13-23)19-4-2-3-5-21(19)27-22/h6-9,12,15,24H,2-5,10-11H2,1H3. The smallest absolute Gasteiger partial charge is 0.158 e. The van der Waals surface area contributed by atoms with Gasteiger partial charge in [-0.25, -0.2) is 0 Å². The molecule has 4 nitrogen and oxygen atoms in total. The van der Waals surface area contributed by atoms with Gasteiger partial charge in [0.25, 0.3) is 0 Å². The average Bonchev–Trinajstić information content (AvgIpc) is 3.04. The largest absolute Gasteiger partial charge is 0.497 e. The van der Waals surface area contributed by atoms with Gasteiger partial charge in [-0.15, -0.1) is 11.3 Å². The van der Waals surface area contributed by atoms with Crippen molar-refractivity contribution in [2.24, 2.45) is 0 Å². The Balaban J connectivity index is 1.56. The summed E-state index contributed by atoms with van der Waals surface area (Å²) in [5.74, 6) is 1.10. The van der Waals surface area contributed by atoms with Gasteiger partial charge in [0.2, 0.25) is 0 Å². The Kier molecular flexibility index (Phi) is 5.00. The van der Waals surface area contributed by atoms with Crippen molar-refractivity contribution in [2.75, 3.05) is 12.4 Å². The van der Waals surface area contributed by atoms with Crippen molar-refractivity contribution in [3.05, 3.63) is 57.6 Å². The summed E-state index contributed by atoms with van der Waals surface area (Å²) in [4.78, 5) is 13.6. The van der Waals surface area contributed by atoms with Crippen LogP contribution in [0.3, 0.4) is 0 Å². The van der Waals surface area contributed by atoms with Crippen LogP contribution < -0.4 is 10.1 Å². The zero-order valence-corrected chi connectivity index (χ0v) is 16.2. The van der Waals surface area contributed by atoms with E-state index in [1.54, 1.807) is 24.5 Å². The summed E-state index contributed by atoms with van der Waals surface area (Å²) in [7, 11) is 1.65. The molecule has 1 unspecified atom stereocenters. The molecule has 0 spiro atoms. The first-order valence-corrected chi connectivity index (χ1v) is 10.2. The number of methoxy groups -OCH3 is 1. The van der Waals surface area contributed by atoms with Gasteiger partial charge in [-0.2, -0.15) is 5.26 Å². The highest BCUT2D eigenvalue weighted by atomic mass is 32.1. The van der Waals surface area contributed by atoms with Crippen molar-refractivity contribution < 1.29 is 9.53 Å². The molecular formula is C22H22N2O2S. The fraction of sp³-hybridized carbons (Fsp3) is 0.364. The minimum Gasteiger partial charge on any atom is -0.497 e. The second-order valence-electron chi connectivity index (χ2n) is 7.17. The molecule has 1 aromatic heterocycles. The van der Waals surface area contributed by atoms with E-state index in [9.17, 15) is 10.1 Å². The van der Waals surface area contributed by atoms with Crippen LogP contribution in [0.2, 0.25) is 0 Å². The molecule has 0 saturated carbocycles. The number of nitrogens with one attached hydrogen (secondary N) is 1. The fourth-order valence-electron chi connectivity index (χ4n) is 4.01. The minimum atomic E-state index is 0.129. The summed E-state index contributed by atoms with van der Waals surface area (Å²) in [6.45, 7) is 0. The van der Waals surface area contributed by atoms with Gasteiger partial charge in [0.05, 0.1) is 12.7 Å². The molecule has 138 valence electrons. The quantitative estimate of drug-likeness (QED) is 0.818. The van der Waals surface area contributed by atoms with E-state index in [4.69, 9.17) is 4.74 Å². The summed E-state index contributed by atoms with van der Waals surface area (Å²) in [6, 6.07) is 10.3. The van der Waals surface area contributed by atoms with Crippen molar-refractivity contribution >= 4 is 22.1 Å². The molecule has 0 aliphatic heterocycles. The molecule has 0 amide bonds. The summed E-state index contributed by atoms with van der Waals surface area (Å²) in [5.41, 5.74) is 4.03. The Morgan fingerprint density at radius 1 is 1.19 bits per heavy atom. The third kappa shape index (κ3) is 3.63. The number of benzene rings is 1. The summed E-state index contributed by atoms with van der Waals surface area (Å²) >= 11 is 1.68. The van der Waals surface area contributed by atoms with Crippen molar-refractivity contribution in [3.63, 3.8) is 0 Å². The average molecular weight is 378 g/mol.